The molecule has 0 atom stereocenters. The molecule has 1 aromatic rings. The van der Waals surface area contributed by atoms with Crippen LogP contribution in [0.1, 0.15) is 15.9 Å². The minimum atomic E-state index is -4.42. The number of sulfone groups is 1. The Kier molecular flexibility index (Phi) is 4.00. The molecule has 4 nitrogen and oxygen atoms in total. The third-order valence-corrected chi connectivity index (χ3v) is 4.01. The van der Waals surface area contributed by atoms with Crippen LogP contribution in [0.3, 0.4) is 0 Å². The van der Waals surface area contributed by atoms with Crippen LogP contribution in [0.15, 0.2) is 17.0 Å². The molecule has 0 bridgehead atoms. The molecule has 1 aromatic carbocycles. The van der Waals surface area contributed by atoms with Gasteiger partial charge in [-0.05, 0) is 19.1 Å². The molecular weight excluding hydrogens is 273 g/mol. The molecule has 8 heteroatoms. The van der Waals surface area contributed by atoms with Gasteiger partial charge in [0.25, 0.3) is 6.43 Å². The van der Waals surface area contributed by atoms with Gasteiger partial charge in [-0.15, -0.1) is 0 Å². The van der Waals surface area contributed by atoms with Gasteiger partial charge in [0, 0.05) is 5.56 Å². The summed E-state index contributed by atoms with van der Waals surface area (Å²) < 4.78 is 60.7. The molecule has 1 N–H and O–H groups in total. The molecule has 0 aliphatic rings. The molecule has 0 radical (unpaired) electrons. The molecular formula is C10H9F3O4S. The Morgan fingerprint density at radius 3 is 2.39 bits per heavy atom. The average molecular weight is 282 g/mol. The molecule has 0 amide bonds. The lowest BCUT2D eigenvalue weighted by Gasteiger charge is -2.09. The van der Waals surface area contributed by atoms with Crippen molar-refractivity contribution in [2.75, 3.05) is 5.75 Å². The molecule has 0 aromatic heterocycles. The van der Waals surface area contributed by atoms with Gasteiger partial charge in [0.05, 0.1) is 10.5 Å². The molecule has 0 aliphatic heterocycles. The Labute approximate surface area is 101 Å². The van der Waals surface area contributed by atoms with Gasteiger partial charge in [0.1, 0.15) is 11.6 Å². The number of alkyl halides is 2. The van der Waals surface area contributed by atoms with Gasteiger partial charge in [-0.25, -0.2) is 26.4 Å². The Morgan fingerprint density at radius 2 is 1.94 bits per heavy atom. The van der Waals surface area contributed by atoms with E-state index in [1.165, 1.54) is 0 Å². The van der Waals surface area contributed by atoms with Gasteiger partial charge < -0.3 is 5.11 Å². The number of hydrogen-bond acceptors (Lipinski definition) is 3. The predicted octanol–water partition coefficient (Wildman–Crippen LogP) is 1.87. The highest BCUT2D eigenvalue weighted by atomic mass is 32.2. The summed E-state index contributed by atoms with van der Waals surface area (Å²) in [5.41, 5.74) is -0.980. The maximum Gasteiger partial charge on any atom is 0.335 e. The van der Waals surface area contributed by atoms with Crippen molar-refractivity contribution in [2.45, 2.75) is 18.2 Å². The number of halogens is 3. The molecule has 18 heavy (non-hydrogen) atoms. The van der Waals surface area contributed by atoms with Crippen molar-refractivity contribution in [3.63, 3.8) is 0 Å². The summed E-state index contributed by atoms with van der Waals surface area (Å²) in [5.74, 6) is -4.08. The van der Waals surface area contributed by atoms with Crippen LogP contribution in [0.4, 0.5) is 13.2 Å². The van der Waals surface area contributed by atoms with Gasteiger partial charge in [-0.3, -0.25) is 0 Å². The first kappa shape index (κ1) is 14.5. The second-order valence-corrected chi connectivity index (χ2v) is 5.56. The number of carboxylic acid groups (broad SMARTS) is 1. The van der Waals surface area contributed by atoms with Crippen molar-refractivity contribution >= 4 is 15.8 Å². The molecule has 0 saturated carbocycles. The van der Waals surface area contributed by atoms with Crippen LogP contribution in [0.5, 0.6) is 0 Å². The van der Waals surface area contributed by atoms with E-state index < -0.39 is 44.3 Å². The van der Waals surface area contributed by atoms with Crippen LogP contribution in [0.25, 0.3) is 0 Å². The Balaban J connectivity index is 3.45. The van der Waals surface area contributed by atoms with Crippen LogP contribution < -0.4 is 0 Å². The lowest BCUT2D eigenvalue weighted by molar-refractivity contribution is 0.0696. The number of carbonyl (C=O) groups is 1. The van der Waals surface area contributed by atoms with E-state index in [0.29, 0.717) is 12.1 Å². The lowest BCUT2D eigenvalue weighted by atomic mass is 10.1. The van der Waals surface area contributed by atoms with Gasteiger partial charge in [-0.1, -0.05) is 0 Å². The summed E-state index contributed by atoms with van der Waals surface area (Å²) >= 11 is 0. The summed E-state index contributed by atoms with van der Waals surface area (Å²) in [6, 6.07) is 1.32. The van der Waals surface area contributed by atoms with E-state index in [1.807, 2.05) is 0 Å². The molecule has 100 valence electrons. The van der Waals surface area contributed by atoms with E-state index in [0.717, 1.165) is 6.92 Å². The second kappa shape index (κ2) is 4.97. The van der Waals surface area contributed by atoms with E-state index >= 15 is 0 Å². The third kappa shape index (κ3) is 3.00. The highest BCUT2D eigenvalue weighted by molar-refractivity contribution is 7.91. The van der Waals surface area contributed by atoms with Crippen molar-refractivity contribution in [1.82, 2.24) is 0 Å². The molecule has 0 unspecified atom stereocenters. The normalized spacial score (nSPS) is 11.8. The monoisotopic (exact) mass is 282 g/mol. The standard InChI is InChI=1S/C10H9F3O4S/c1-5-7(11)2-6(10(14)15)3-8(5)18(16,17)4-9(12)13/h2-3,9H,4H2,1H3,(H,14,15). The Hall–Kier alpha value is -1.57. The summed E-state index contributed by atoms with van der Waals surface area (Å²) in [4.78, 5) is 9.93. The summed E-state index contributed by atoms with van der Waals surface area (Å²) in [5, 5.41) is 8.66. The number of carboxylic acids is 1. The van der Waals surface area contributed by atoms with Gasteiger partial charge >= 0.3 is 5.97 Å². The first-order valence-electron chi connectivity index (χ1n) is 4.69. The first-order valence-corrected chi connectivity index (χ1v) is 6.34. The van der Waals surface area contributed by atoms with E-state index in [2.05, 4.69) is 0 Å². The Morgan fingerprint density at radius 1 is 1.39 bits per heavy atom. The highest BCUT2D eigenvalue weighted by Crippen LogP contribution is 2.23. The summed E-state index contributed by atoms with van der Waals surface area (Å²) in [6.45, 7) is 1.08. The van der Waals surface area contributed by atoms with Crippen molar-refractivity contribution in [3.05, 3.63) is 29.1 Å². The molecule has 0 aliphatic carbocycles. The smallest absolute Gasteiger partial charge is 0.335 e. The number of hydrogen-bond donors (Lipinski definition) is 1. The van der Waals surface area contributed by atoms with Crippen molar-refractivity contribution in [3.8, 4) is 0 Å². The maximum absolute atomic E-state index is 13.4. The fourth-order valence-corrected chi connectivity index (χ4v) is 2.74. The zero-order chi connectivity index (χ0) is 14.1. The number of benzene rings is 1. The van der Waals surface area contributed by atoms with Crippen LogP contribution in [0, 0.1) is 12.7 Å². The third-order valence-electron chi connectivity index (χ3n) is 2.22. The fourth-order valence-electron chi connectivity index (χ4n) is 1.36. The second-order valence-electron chi connectivity index (χ2n) is 3.56. The van der Waals surface area contributed by atoms with Crippen LogP contribution >= 0.6 is 0 Å². The molecule has 0 heterocycles. The predicted molar refractivity (Wildman–Crippen MR) is 56.2 cm³/mol. The fraction of sp³-hybridized carbons (Fsp3) is 0.300. The zero-order valence-corrected chi connectivity index (χ0v) is 9.97. The van der Waals surface area contributed by atoms with Crippen molar-refractivity contribution < 1.29 is 31.5 Å². The van der Waals surface area contributed by atoms with Crippen LogP contribution in [-0.2, 0) is 9.84 Å². The number of rotatable bonds is 4. The molecule has 0 spiro atoms. The minimum absolute atomic E-state index is 0.374. The van der Waals surface area contributed by atoms with E-state index in [-0.39, 0.29) is 5.56 Å². The summed E-state index contributed by atoms with van der Waals surface area (Å²) in [7, 11) is -4.42. The number of aromatic carboxylic acids is 1. The molecule has 0 fully saturated rings. The highest BCUT2D eigenvalue weighted by Gasteiger charge is 2.25. The SMILES string of the molecule is Cc1c(F)cc(C(=O)O)cc1S(=O)(=O)CC(F)F. The van der Waals surface area contributed by atoms with Crippen LogP contribution in [-0.4, -0.2) is 31.7 Å². The van der Waals surface area contributed by atoms with Gasteiger partial charge in [0.2, 0.25) is 0 Å². The molecule has 1 rings (SSSR count). The van der Waals surface area contributed by atoms with Crippen LogP contribution in [0.2, 0.25) is 0 Å². The van der Waals surface area contributed by atoms with Crippen molar-refractivity contribution in [2.24, 2.45) is 0 Å². The minimum Gasteiger partial charge on any atom is -0.478 e. The van der Waals surface area contributed by atoms with E-state index in [4.69, 9.17) is 5.11 Å². The van der Waals surface area contributed by atoms with Gasteiger partial charge in [0.15, 0.2) is 9.84 Å². The lowest BCUT2D eigenvalue weighted by Crippen LogP contribution is -2.16. The zero-order valence-electron chi connectivity index (χ0n) is 9.15. The van der Waals surface area contributed by atoms with Gasteiger partial charge in [-0.2, -0.15) is 0 Å². The average Bonchev–Trinajstić information content (AvgIpc) is 2.19. The first-order chi connectivity index (χ1) is 8.15. The van der Waals surface area contributed by atoms with Crippen molar-refractivity contribution in [1.29, 1.82) is 0 Å². The topological polar surface area (TPSA) is 71.4 Å². The maximum atomic E-state index is 13.4. The Bertz CT molecular complexity index is 581. The molecule has 0 saturated heterocycles. The quantitative estimate of drug-likeness (QED) is 0.915. The van der Waals surface area contributed by atoms with E-state index in [1.54, 1.807) is 0 Å². The largest absolute Gasteiger partial charge is 0.478 e. The summed E-state index contributed by atoms with van der Waals surface area (Å²) in [6.07, 6.45) is -3.12. The van der Waals surface area contributed by atoms with E-state index in [9.17, 15) is 26.4 Å².